The zero-order valence-electron chi connectivity index (χ0n) is 27.6. The molecule has 46 heavy (non-hydrogen) atoms. The number of aromatic amines is 2. The molecule has 236 valence electrons. The molecule has 8 bridgehead atoms. The average molecular weight is 633 g/mol. The smallest absolute Gasteiger partial charge is 0.681 e. The van der Waals surface area contributed by atoms with E-state index in [-0.39, 0.29) is 53.0 Å². The van der Waals surface area contributed by atoms with Crippen molar-refractivity contribution in [1.29, 1.82) is 0 Å². The van der Waals surface area contributed by atoms with Crippen LogP contribution >= 0.6 is 0 Å². The first-order valence-electron chi connectivity index (χ1n) is 15.5. The molecule has 0 radical (unpaired) electrons. The number of aliphatic hydroxyl groups excluding tert-OH is 1. The number of nitrogens with one attached hydrogen (secondary N) is 2. The Hall–Kier alpha value is -3.89. The molecule has 4 atom stereocenters. The summed E-state index contributed by atoms with van der Waals surface area (Å²) >= 11 is 0. The van der Waals surface area contributed by atoms with Gasteiger partial charge >= 0.3 is 35.0 Å². The number of carbonyl (C=O) groups excluding carboxylic acids is 2. The molecule has 9 nitrogen and oxygen atoms in total. The predicted molar refractivity (Wildman–Crippen MR) is 180 cm³/mol. The van der Waals surface area contributed by atoms with Crippen molar-refractivity contribution in [3.63, 3.8) is 0 Å². The van der Waals surface area contributed by atoms with Gasteiger partial charge in [-0.2, -0.15) is 5.70 Å². The third-order valence-corrected chi connectivity index (χ3v) is 10.1. The van der Waals surface area contributed by atoms with Gasteiger partial charge in [0.05, 0.1) is 14.2 Å². The van der Waals surface area contributed by atoms with Crippen LogP contribution < -0.4 is 26.3 Å². The van der Waals surface area contributed by atoms with E-state index in [0.29, 0.717) is 22.6 Å². The van der Waals surface area contributed by atoms with E-state index >= 15 is 0 Å². The number of rotatable bonds is 6. The maximum Gasteiger partial charge on any atom is 2.00 e. The van der Waals surface area contributed by atoms with Crippen molar-refractivity contribution in [2.75, 3.05) is 14.2 Å². The Labute approximate surface area is 284 Å². The number of ether oxygens (including phenoxy) is 2. The van der Waals surface area contributed by atoms with Gasteiger partial charge in [-0.3, -0.25) is 9.59 Å². The number of methoxy groups -OCH3 is 2. The van der Waals surface area contributed by atoms with E-state index in [2.05, 4.69) is 49.5 Å². The third kappa shape index (κ3) is 5.15. The number of allylic oxidation sites excluding steroid dienone is 1. The Morgan fingerprint density at radius 1 is 1.02 bits per heavy atom. The van der Waals surface area contributed by atoms with Crippen molar-refractivity contribution >= 4 is 70.6 Å². The normalized spacial score (nSPS) is 23.7. The second-order valence-electron chi connectivity index (χ2n) is 12.2. The van der Waals surface area contributed by atoms with Crippen molar-refractivity contribution in [3.8, 4) is 0 Å². The fourth-order valence-electron chi connectivity index (χ4n) is 7.47. The Bertz CT molecular complexity index is 2040. The van der Waals surface area contributed by atoms with Crippen LogP contribution in [0.1, 0.15) is 71.6 Å². The molecule has 3 N–H and O–H groups in total. The summed E-state index contributed by atoms with van der Waals surface area (Å²) in [5.41, 5.74) is 9.02. The number of hydrogen-bond acceptors (Lipinski definition) is 5. The van der Waals surface area contributed by atoms with Crippen molar-refractivity contribution in [2.45, 2.75) is 59.9 Å². The van der Waals surface area contributed by atoms with Gasteiger partial charge in [0.1, 0.15) is 11.7 Å². The molecule has 0 amide bonds. The van der Waals surface area contributed by atoms with Crippen LogP contribution in [0.25, 0.3) is 41.0 Å². The number of esters is 2. The van der Waals surface area contributed by atoms with Gasteiger partial charge in [0, 0.05) is 33.4 Å². The average Bonchev–Trinajstić information content (AvgIpc) is 3.76. The number of aliphatic hydroxyl groups is 1. The molecule has 1 fully saturated rings. The molecule has 2 aliphatic heterocycles. The number of hydrogen-bond donors (Lipinski definition) is 3. The first kappa shape index (κ1) is 33.5. The first-order chi connectivity index (χ1) is 21.5. The summed E-state index contributed by atoms with van der Waals surface area (Å²) in [6.45, 7) is 14.4. The van der Waals surface area contributed by atoms with Gasteiger partial charge in [-0.15, -0.1) is 11.4 Å². The summed E-state index contributed by atoms with van der Waals surface area (Å²) in [5.74, 6) is -2.15. The number of aromatic nitrogens is 3. The number of nitrogens with zero attached hydrogens (tertiary/aromatic N) is 2. The third-order valence-electron chi connectivity index (χ3n) is 10.1. The fraction of sp³-hybridized carbons (Fsp3) is 0.389. The fourth-order valence-corrected chi connectivity index (χ4v) is 7.47. The zero-order valence-corrected chi connectivity index (χ0v) is 29.0. The van der Waals surface area contributed by atoms with Crippen LogP contribution in [0.15, 0.2) is 12.3 Å². The van der Waals surface area contributed by atoms with Crippen molar-refractivity contribution in [2.24, 2.45) is 17.8 Å². The van der Waals surface area contributed by atoms with E-state index in [9.17, 15) is 14.7 Å². The van der Waals surface area contributed by atoms with Gasteiger partial charge in [-0.1, -0.05) is 50.3 Å². The molecule has 10 heteroatoms. The molecule has 1 aliphatic carbocycles. The maximum atomic E-state index is 13.3. The standard InChI is InChI=1S/C36H40N4O5.Mg/c1-9-20-16(3)23-13-25-18(5)22(11-12-29(41)44-7)33(39-25)31-32(36(43)45-8)35(42)30-19(6)26(40-34(30)31)15-28-21(10-2)17(4)24(38-28)14-27(20)37-23;/h9,13-15,18,22,32-33,38,40,42H,1,10-12H2,2-8H3;/q-2;+2/b24-14-,25-13-,28-15-;/t18-,22-,32+,33?;/m0./s1. The molecule has 3 aromatic rings. The minimum atomic E-state index is -1.01. The summed E-state index contributed by atoms with van der Waals surface area (Å²) in [5, 5.41) is 20.1. The zero-order chi connectivity index (χ0) is 32.3. The molecular weight excluding hydrogens is 593 g/mol. The maximum absolute atomic E-state index is 13.3. The topological polar surface area (TPSA) is 133 Å². The van der Waals surface area contributed by atoms with Crippen LogP contribution in [0.4, 0.5) is 0 Å². The van der Waals surface area contributed by atoms with Crippen LogP contribution in [0.3, 0.4) is 0 Å². The van der Waals surface area contributed by atoms with Gasteiger partial charge in [-0.05, 0) is 79.4 Å². The van der Waals surface area contributed by atoms with E-state index < -0.39 is 17.9 Å². The van der Waals surface area contributed by atoms with Gasteiger partial charge in [0.15, 0.2) is 0 Å². The van der Waals surface area contributed by atoms with E-state index in [0.717, 1.165) is 62.2 Å². The number of carbonyl (C=O) groups is 2. The largest absolute Gasteiger partial charge is 2.00 e. The molecule has 3 aromatic heterocycles. The summed E-state index contributed by atoms with van der Waals surface area (Å²) in [7, 11) is 2.71. The molecule has 0 aromatic carbocycles. The van der Waals surface area contributed by atoms with Crippen LogP contribution in [-0.4, -0.2) is 70.3 Å². The SMILES string of the molecule is C=Cc1c2[n-]c(c1C)/C=C1\[N-]C(C3=c4[nH]c(c(C)c4=C(O)[C@@H]3C(=O)OC)/C=c3\[nH]/c(c(C)c3CC)=C\2)[C@@H](CCC(=O)OC)[C@@H]1C.[Mg+2]. The van der Waals surface area contributed by atoms with Gasteiger partial charge < -0.3 is 34.8 Å². The van der Waals surface area contributed by atoms with E-state index in [1.165, 1.54) is 19.8 Å². The first-order valence-corrected chi connectivity index (χ1v) is 15.5. The molecule has 1 unspecified atom stereocenters. The Kier molecular flexibility index (Phi) is 9.25. The second-order valence-corrected chi connectivity index (χ2v) is 12.2. The van der Waals surface area contributed by atoms with Gasteiger partial charge in [0.25, 0.3) is 0 Å². The van der Waals surface area contributed by atoms with Crippen LogP contribution in [-0.2, 0) is 25.5 Å². The van der Waals surface area contributed by atoms with E-state index in [1.807, 2.05) is 26.0 Å². The summed E-state index contributed by atoms with van der Waals surface area (Å²) in [6, 6.07) is -0.507. The Balaban J connectivity index is 0.00000417. The molecule has 0 saturated carbocycles. The van der Waals surface area contributed by atoms with Crippen LogP contribution in [0, 0.1) is 38.5 Å². The second kappa shape index (κ2) is 12.7. The Morgan fingerprint density at radius 3 is 2.41 bits per heavy atom. The molecule has 3 aliphatic rings. The summed E-state index contributed by atoms with van der Waals surface area (Å²) < 4.78 is 10.2. The van der Waals surface area contributed by atoms with Gasteiger partial charge in [-0.25, -0.2) is 0 Å². The number of H-pyrrole nitrogens is 2. The minimum Gasteiger partial charge on any atom is -0.681 e. The molecule has 6 rings (SSSR count). The summed E-state index contributed by atoms with van der Waals surface area (Å²) in [4.78, 5) is 37.9. The molecular formula is C36H40MgN4O5. The van der Waals surface area contributed by atoms with Crippen molar-refractivity contribution in [3.05, 3.63) is 83.8 Å². The Morgan fingerprint density at radius 2 is 1.76 bits per heavy atom. The van der Waals surface area contributed by atoms with Crippen LogP contribution in [0.5, 0.6) is 0 Å². The monoisotopic (exact) mass is 632 g/mol. The number of fused-ring (bicyclic) bond motifs is 8. The van der Waals surface area contributed by atoms with Crippen molar-refractivity contribution < 1.29 is 24.2 Å². The minimum absolute atomic E-state index is 0. The van der Waals surface area contributed by atoms with Crippen LogP contribution in [0.2, 0.25) is 0 Å². The molecule has 1 saturated heterocycles. The quantitative estimate of drug-likeness (QED) is 0.283. The van der Waals surface area contributed by atoms with Crippen molar-refractivity contribution in [1.82, 2.24) is 15.0 Å². The van der Waals surface area contributed by atoms with E-state index in [1.54, 1.807) is 0 Å². The predicted octanol–water partition coefficient (Wildman–Crippen LogP) is 2.64. The summed E-state index contributed by atoms with van der Waals surface area (Å²) in [6.07, 6.45) is 9.51. The van der Waals surface area contributed by atoms with E-state index in [4.69, 9.17) is 19.8 Å². The molecule has 5 heterocycles. The molecule has 0 spiro atoms. The van der Waals surface area contributed by atoms with Gasteiger partial charge in [0.2, 0.25) is 0 Å².